The molecule has 5 heteroatoms. The zero-order valence-electron chi connectivity index (χ0n) is 16.7. The predicted octanol–water partition coefficient (Wildman–Crippen LogP) is 3.80. The van der Waals surface area contributed by atoms with E-state index in [1.807, 2.05) is 42.2 Å². The maximum absolute atomic E-state index is 13.2. The Morgan fingerprint density at radius 3 is 2.32 bits per heavy atom. The lowest BCUT2D eigenvalue weighted by Gasteiger charge is -2.34. The molecule has 3 heterocycles. The lowest BCUT2D eigenvalue weighted by atomic mass is 9.94. The fourth-order valence-corrected chi connectivity index (χ4v) is 4.53. The summed E-state index contributed by atoms with van der Waals surface area (Å²) < 4.78 is 0. The number of likely N-dealkylation sites (tertiary alicyclic amines) is 2. The van der Waals surface area contributed by atoms with Gasteiger partial charge in [-0.1, -0.05) is 31.0 Å². The minimum absolute atomic E-state index is 0.0578. The Morgan fingerprint density at radius 1 is 0.929 bits per heavy atom. The molecule has 148 valence electrons. The van der Waals surface area contributed by atoms with Gasteiger partial charge in [-0.3, -0.25) is 14.6 Å². The number of carbonyl (C=O) groups is 2. The number of benzene rings is 1. The van der Waals surface area contributed by atoms with Crippen molar-refractivity contribution < 1.29 is 9.59 Å². The van der Waals surface area contributed by atoms with Gasteiger partial charge in [-0.2, -0.15) is 0 Å². The molecular formula is C23H29N3O2. The molecule has 2 amide bonds. The van der Waals surface area contributed by atoms with Gasteiger partial charge < -0.3 is 9.80 Å². The number of amides is 2. The molecular weight excluding hydrogens is 350 g/mol. The maximum Gasteiger partial charge on any atom is 0.254 e. The molecule has 1 aromatic carbocycles. The van der Waals surface area contributed by atoms with Crippen molar-refractivity contribution in [3.63, 3.8) is 0 Å². The fraction of sp³-hybridized carbons (Fsp3) is 0.522. The SMILES string of the molecule is Cc1cc(C(=O)N2CCC(C(=O)N3CCCCCC3)CC2)c2ccccc2n1. The van der Waals surface area contributed by atoms with Crippen LogP contribution in [0.5, 0.6) is 0 Å². The van der Waals surface area contributed by atoms with E-state index in [1.165, 1.54) is 12.8 Å². The van der Waals surface area contributed by atoms with E-state index in [0.717, 1.165) is 60.9 Å². The van der Waals surface area contributed by atoms with Crippen molar-refractivity contribution >= 4 is 22.7 Å². The molecule has 0 spiro atoms. The minimum Gasteiger partial charge on any atom is -0.342 e. The average Bonchev–Trinajstić information content (AvgIpc) is 3.02. The van der Waals surface area contributed by atoms with Gasteiger partial charge in [0.15, 0.2) is 0 Å². The third-order valence-electron chi connectivity index (χ3n) is 6.12. The van der Waals surface area contributed by atoms with Crippen LogP contribution in [0.25, 0.3) is 10.9 Å². The lowest BCUT2D eigenvalue weighted by molar-refractivity contribution is -0.136. The number of piperidine rings is 1. The molecule has 2 aliphatic rings. The Labute approximate surface area is 166 Å². The molecule has 28 heavy (non-hydrogen) atoms. The molecule has 0 atom stereocenters. The highest BCUT2D eigenvalue weighted by molar-refractivity contribution is 6.06. The highest BCUT2D eigenvalue weighted by Gasteiger charge is 2.31. The van der Waals surface area contributed by atoms with Gasteiger partial charge in [-0.05, 0) is 44.7 Å². The van der Waals surface area contributed by atoms with Crippen molar-refractivity contribution in [1.29, 1.82) is 0 Å². The van der Waals surface area contributed by atoms with Gasteiger partial charge in [-0.15, -0.1) is 0 Å². The number of rotatable bonds is 2. The van der Waals surface area contributed by atoms with Crippen molar-refractivity contribution in [2.24, 2.45) is 5.92 Å². The fourth-order valence-electron chi connectivity index (χ4n) is 4.53. The summed E-state index contributed by atoms with van der Waals surface area (Å²) in [7, 11) is 0. The van der Waals surface area contributed by atoms with E-state index < -0.39 is 0 Å². The van der Waals surface area contributed by atoms with Gasteiger partial charge in [0.2, 0.25) is 5.91 Å². The second-order valence-corrected chi connectivity index (χ2v) is 8.13. The van der Waals surface area contributed by atoms with E-state index in [-0.39, 0.29) is 11.8 Å². The molecule has 2 aliphatic heterocycles. The first kappa shape index (κ1) is 18.9. The lowest BCUT2D eigenvalue weighted by Crippen LogP contribution is -2.44. The number of carbonyl (C=O) groups excluding carboxylic acids is 2. The van der Waals surface area contributed by atoms with Gasteiger partial charge in [0, 0.05) is 43.2 Å². The normalized spacial score (nSPS) is 18.9. The summed E-state index contributed by atoms with van der Waals surface area (Å²) in [6, 6.07) is 9.69. The summed E-state index contributed by atoms with van der Waals surface area (Å²) in [5.41, 5.74) is 2.44. The second kappa shape index (κ2) is 8.29. The largest absolute Gasteiger partial charge is 0.342 e. The average molecular weight is 380 g/mol. The van der Waals surface area contributed by atoms with Crippen LogP contribution in [0.3, 0.4) is 0 Å². The summed E-state index contributed by atoms with van der Waals surface area (Å²) in [6.45, 7) is 5.04. The summed E-state index contributed by atoms with van der Waals surface area (Å²) in [5, 5.41) is 0.904. The zero-order chi connectivity index (χ0) is 19.5. The molecule has 0 bridgehead atoms. The molecule has 1 aromatic heterocycles. The monoisotopic (exact) mass is 379 g/mol. The van der Waals surface area contributed by atoms with Crippen LogP contribution in [0.15, 0.2) is 30.3 Å². The van der Waals surface area contributed by atoms with Gasteiger partial charge in [0.05, 0.1) is 11.1 Å². The van der Waals surface area contributed by atoms with Crippen LogP contribution in [0.2, 0.25) is 0 Å². The van der Waals surface area contributed by atoms with Crippen LogP contribution in [-0.4, -0.2) is 52.8 Å². The smallest absolute Gasteiger partial charge is 0.254 e. The third kappa shape index (κ3) is 3.89. The summed E-state index contributed by atoms with van der Waals surface area (Å²) in [5.74, 6) is 0.430. The van der Waals surface area contributed by atoms with Crippen LogP contribution < -0.4 is 0 Å². The van der Waals surface area contributed by atoms with Crippen LogP contribution in [0.4, 0.5) is 0 Å². The van der Waals surface area contributed by atoms with Crippen LogP contribution in [-0.2, 0) is 4.79 Å². The summed E-state index contributed by atoms with van der Waals surface area (Å²) >= 11 is 0. The molecule has 0 radical (unpaired) electrons. The number of hydrogen-bond acceptors (Lipinski definition) is 3. The zero-order valence-corrected chi connectivity index (χ0v) is 16.7. The summed E-state index contributed by atoms with van der Waals surface area (Å²) in [6.07, 6.45) is 6.24. The summed E-state index contributed by atoms with van der Waals surface area (Å²) in [4.78, 5) is 34.6. The van der Waals surface area contributed by atoms with Crippen LogP contribution in [0, 0.1) is 12.8 Å². The standard InChI is InChI=1S/C23H29N3O2/c1-17-16-20(19-8-4-5-9-21(19)24-17)23(28)26-14-10-18(11-15-26)22(27)25-12-6-2-3-7-13-25/h4-5,8-9,16,18H,2-3,6-7,10-15H2,1H3. The topological polar surface area (TPSA) is 53.5 Å². The van der Waals surface area contributed by atoms with Gasteiger partial charge in [0.1, 0.15) is 0 Å². The number of aryl methyl sites for hydroxylation is 1. The van der Waals surface area contributed by atoms with E-state index >= 15 is 0 Å². The first-order valence-corrected chi connectivity index (χ1v) is 10.6. The van der Waals surface area contributed by atoms with Crippen molar-refractivity contribution in [2.45, 2.75) is 45.4 Å². The molecule has 2 saturated heterocycles. The number of para-hydroxylation sites is 1. The Morgan fingerprint density at radius 2 is 1.61 bits per heavy atom. The van der Waals surface area contributed by atoms with Gasteiger partial charge in [0.25, 0.3) is 5.91 Å². The highest BCUT2D eigenvalue weighted by atomic mass is 16.2. The second-order valence-electron chi connectivity index (χ2n) is 8.13. The number of aromatic nitrogens is 1. The Kier molecular flexibility index (Phi) is 5.60. The number of hydrogen-bond donors (Lipinski definition) is 0. The number of pyridine rings is 1. The van der Waals surface area contributed by atoms with Crippen molar-refractivity contribution in [2.75, 3.05) is 26.2 Å². The number of fused-ring (bicyclic) bond motifs is 1. The van der Waals surface area contributed by atoms with Crippen molar-refractivity contribution in [1.82, 2.24) is 14.8 Å². The Hall–Kier alpha value is -2.43. The maximum atomic E-state index is 13.2. The first-order chi connectivity index (χ1) is 13.6. The highest BCUT2D eigenvalue weighted by Crippen LogP contribution is 2.25. The third-order valence-corrected chi connectivity index (χ3v) is 6.12. The van der Waals surface area contributed by atoms with E-state index in [9.17, 15) is 9.59 Å². The van der Waals surface area contributed by atoms with E-state index in [0.29, 0.717) is 19.0 Å². The Balaban J connectivity index is 1.44. The van der Waals surface area contributed by atoms with E-state index in [2.05, 4.69) is 9.88 Å². The first-order valence-electron chi connectivity index (χ1n) is 10.6. The van der Waals surface area contributed by atoms with Crippen molar-refractivity contribution in [3.8, 4) is 0 Å². The molecule has 0 unspecified atom stereocenters. The molecule has 0 N–H and O–H groups in total. The van der Waals surface area contributed by atoms with E-state index in [1.54, 1.807) is 0 Å². The minimum atomic E-state index is 0.0578. The number of nitrogens with zero attached hydrogens (tertiary/aromatic N) is 3. The van der Waals surface area contributed by atoms with Crippen LogP contribution in [0.1, 0.15) is 54.6 Å². The Bertz CT molecular complexity index is 863. The molecule has 0 aliphatic carbocycles. The predicted molar refractivity (Wildman–Crippen MR) is 110 cm³/mol. The molecule has 4 rings (SSSR count). The van der Waals surface area contributed by atoms with Gasteiger partial charge >= 0.3 is 0 Å². The van der Waals surface area contributed by atoms with E-state index in [4.69, 9.17) is 0 Å². The molecule has 0 saturated carbocycles. The quantitative estimate of drug-likeness (QED) is 0.798. The molecule has 5 nitrogen and oxygen atoms in total. The van der Waals surface area contributed by atoms with Gasteiger partial charge in [-0.25, -0.2) is 0 Å². The molecule has 2 fully saturated rings. The molecule has 2 aromatic rings. The van der Waals surface area contributed by atoms with Crippen molar-refractivity contribution in [3.05, 3.63) is 41.6 Å². The van der Waals surface area contributed by atoms with Crippen LogP contribution >= 0.6 is 0 Å².